The van der Waals surface area contributed by atoms with Crippen molar-refractivity contribution in [1.29, 1.82) is 0 Å². The second kappa shape index (κ2) is 11.2. The van der Waals surface area contributed by atoms with Gasteiger partial charge in [0, 0.05) is 40.5 Å². The summed E-state index contributed by atoms with van der Waals surface area (Å²) in [6.45, 7) is 4.25. The predicted octanol–water partition coefficient (Wildman–Crippen LogP) is 2.44. The Morgan fingerprint density at radius 3 is 2.51 bits per heavy atom. The van der Waals surface area contributed by atoms with Crippen molar-refractivity contribution in [2.24, 2.45) is 11.8 Å². The smallest absolute Gasteiger partial charge is 0.353 e. The highest BCUT2D eigenvalue weighted by Gasteiger charge is 2.60. The van der Waals surface area contributed by atoms with Crippen molar-refractivity contribution >= 4 is 46.9 Å². The molecule has 6 atom stereocenters. The van der Waals surface area contributed by atoms with Crippen LogP contribution in [0.2, 0.25) is 0 Å². The van der Waals surface area contributed by atoms with Crippen LogP contribution in [0.15, 0.2) is 59.1 Å². The molecule has 5 rings (SSSR count). The predicted molar refractivity (Wildman–Crippen MR) is 153 cm³/mol. The second-order valence-electron chi connectivity index (χ2n) is 10.8. The first kappa shape index (κ1) is 28.7. The van der Waals surface area contributed by atoms with Gasteiger partial charge in [0.05, 0.1) is 29.7 Å². The molecule has 0 saturated carbocycles. The van der Waals surface area contributed by atoms with Gasteiger partial charge in [0.25, 0.3) is 0 Å². The molecule has 3 aliphatic rings. The normalized spacial score (nSPS) is 26.5. The van der Waals surface area contributed by atoms with Gasteiger partial charge in [-0.05, 0) is 43.2 Å². The first-order chi connectivity index (χ1) is 19.5. The number of rotatable bonds is 9. The average Bonchev–Trinajstić information content (AvgIpc) is 3.42. The molecule has 3 aliphatic heterocycles. The van der Waals surface area contributed by atoms with Crippen molar-refractivity contribution in [3.05, 3.63) is 70.3 Å². The van der Waals surface area contributed by atoms with Gasteiger partial charge in [0.2, 0.25) is 11.8 Å². The number of carboxylic acid groups (broad SMARTS) is 2. The Balaban J connectivity index is 1.40. The Labute approximate surface area is 241 Å². The largest absolute Gasteiger partial charge is 0.478 e. The molecule has 2 amide bonds. The van der Waals surface area contributed by atoms with E-state index in [1.54, 1.807) is 18.2 Å². The van der Waals surface area contributed by atoms with E-state index in [-0.39, 0.29) is 28.3 Å². The molecule has 0 aliphatic carbocycles. The van der Waals surface area contributed by atoms with E-state index in [4.69, 9.17) is 5.73 Å². The number of fused-ring (bicyclic) bond motifs is 1. The number of hydrogen-bond acceptors (Lipinski definition) is 8. The fourth-order valence-corrected chi connectivity index (χ4v) is 7.66. The fraction of sp³-hybridized carbons (Fsp3) is 0.379. The Hall–Kier alpha value is -3.87. The lowest BCUT2D eigenvalue weighted by molar-refractivity contribution is -0.163. The highest BCUT2D eigenvalue weighted by molar-refractivity contribution is 8.03. The monoisotopic (exact) mass is 580 g/mol. The number of β-lactam (4-membered cyclic amide) rings is 1. The molecular weight excluding hydrogens is 548 g/mol. The van der Waals surface area contributed by atoms with Gasteiger partial charge in [-0.1, -0.05) is 31.2 Å². The molecule has 0 radical (unpaired) electrons. The van der Waals surface area contributed by atoms with E-state index in [1.165, 1.54) is 35.7 Å². The third kappa shape index (κ3) is 5.30. The van der Waals surface area contributed by atoms with Gasteiger partial charge in [-0.2, -0.15) is 0 Å². The highest BCUT2D eigenvalue weighted by Crippen LogP contribution is 2.52. The minimum atomic E-state index is -1.20. The number of aliphatic hydroxyl groups excluding tert-OH is 1. The Morgan fingerprint density at radius 1 is 1.12 bits per heavy atom. The van der Waals surface area contributed by atoms with Gasteiger partial charge in [-0.25, -0.2) is 9.59 Å². The summed E-state index contributed by atoms with van der Waals surface area (Å²) >= 11 is 1.37. The zero-order chi connectivity index (χ0) is 29.6. The maximum absolute atomic E-state index is 13.5. The molecule has 41 heavy (non-hydrogen) atoms. The minimum absolute atomic E-state index is 0.0494. The molecule has 2 aromatic carbocycles. The van der Waals surface area contributed by atoms with Crippen LogP contribution >= 0.6 is 11.8 Å². The molecule has 2 fully saturated rings. The standard InChI is InChI=1S/C29H32N4O7S/c1-14-23-22(15(2)34)27(36)33(23)24(29(39)40)25(14)41-19-11-21(32(13-19)12-17-6-3-4-9-20(17)30)26(35)31-18-8-5-7-16(10-18)28(37)38/h3-10,14-15,19,21-23,34H,11-13,30H2,1-2H3,(H,31,35)(H,37,38)(H,39,40)/t14-,15-,19+,21+,22-,23-/m1/s1. The second-order valence-corrected chi connectivity index (χ2v) is 12.1. The number of carbonyl (C=O) groups is 4. The Kier molecular flexibility index (Phi) is 7.82. The molecule has 2 aromatic rings. The number of carbonyl (C=O) groups excluding carboxylic acids is 2. The molecule has 11 nitrogen and oxygen atoms in total. The summed E-state index contributed by atoms with van der Waals surface area (Å²) in [6.07, 6.45) is -0.500. The highest BCUT2D eigenvalue weighted by atomic mass is 32.2. The first-order valence-corrected chi connectivity index (χ1v) is 14.2. The zero-order valence-corrected chi connectivity index (χ0v) is 23.4. The summed E-state index contributed by atoms with van der Waals surface area (Å²) in [4.78, 5) is 53.8. The number of thioether (sulfide) groups is 1. The molecule has 0 bridgehead atoms. The van der Waals surface area contributed by atoms with E-state index in [1.807, 2.05) is 30.0 Å². The third-order valence-corrected chi connectivity index (χ3v) is 9.57. The number of carboxylic acids is 2. The van der Waals surface area contributed by atoms with Crippen LogP contribution in [0.1, 0.15) is 36.2 Å². The summed E-state index contributed by atoms with van der Waals surface area (Å²) in [6, 6.07) is 12.4. The van der Waals surface area contributed by atoms with Gasteiger partial charge < -0.3 is 31.3 Å². The van der Waals surface area contributed by atoms with E-state index < -0.39 is 42.0 Å². The van der Waals surface area contributed by atoms with Crippen molar-refractivity contribution in [2.75, 3.05) is 17.6 Å². The number of likely N-dealkylation sites (tertiary alicyclic amines) is 1. The number of amides is 2. The van der Waals surface area contributed by atoms with Gasteiger partial charge in [0.1, 0.15) is 5.70 Å². The Morgan fingerprint density at radius 2 is 1.85 bits per heavy atom. The number of aliphatic hydroxyl groups is 1. The number of nitrogens with two attached hydrogens (primary N) is 1. The van der Waals surface area contributed by atoms with Gasteiger partial charge in [-0.15, -0.1) is 11.8 Å². The van der Waals surface area contributed by atoms with Gasteiger partial charge >= 0.3 is 11.9 Å². The first-order valence-electron chi connectivity index (χ1n) is 13.3. The maximum Gasteiger partial charge on any atom is 0.353 e. The van der Waals surface area contributed by atoms with E-state index in [0.29, 0.717) is 35.8 Å². The summed E-state index contributed by atoms with van der Waals surface area (Å²) in [5.74, 6) is -3.94. The molecule has 0 spiro atoms. The molecule has 6 N–H and O–H groups in total. The van der Waals surface area contributed by atoms with Crippen LogP contribution in [0, 0.1) is 11.8 Å². The number of benzene rings is 2. The van der Waals surface area contributed by atoms with E-state index in [2.05, 4.69) is 5.32 Å². The van der Waals surface area contributed by atoms with Gasteiger partial charge in [-0.3, -0.25) is 14.5 Å². The van der Waals surface area contributed by atoms with Crippen LogP contribution in [0.3, 0.4) is 0 Å². The van der Waals surface area contributed by atoms with Crippen molar-refractivity contribution in [3.8, 4) is 0 Å². The SMILES string of the molecule is C[C@@H](O)[C@H]1C(=O)N2C(C(=O)O)=C(S[C@H]3C[C@@H](C(=O)Nc4cccc(C(=O)O)c4)N(Cc4ccccc4N)C3)[C@H](C)[C@H]12. The number of para-hydroxylation sites is 1. The summed E-state index contributed by atoms with van der Waals surface area (Å²) < 4.78 is 0. The minimum Gasteiger partial charge on any atom is -0.478 e. The average molecular weight is 581 g/mol. The topological polar surface area (TPSA) is 174 Å². The number of nitrogens with one attached hydrogen (secondary N) is 1. The van der Waals surface area contributed by atoms with Crippen LogP contribution in [-0.4, -0.2) is 78.9 Å². The summed E-state index contributed by atoms with van der Waals surface area (Å²) in [5.41, 5.74) is 7.99. The maximum atomic E-state index is 13.5. The molecule has 12 heteroatoms. The van der Waals surface area contributed by atoms with Crippen LogP contribution in [0.25, 0.3) is 0 Å². The van der Waals surface area contributed by atoms with Crippen molar-refractivity contribution in [1.82, 2.24) is 9.80 Å². The molecular formula is C29H32N4O7S. The lowest BCUT2D eigenvalue weighted by atomic mass is 9.79. The quantitative estimate of drug-likeness (QED) is 0.219. The van der Waals surface area contributed by atoms with Crippen LogP contribution < -0.4 is 11.1 Å². The number of nitrogen functional groups attached to an aromatic ring is 1. The van der Waals surface area contributed by atoms with Crippen LogP contribution in [0.4, 0.5) is 11.4 Å². The van der Waals surface area contributed by atoms with E-state index >= 15 is 0 Å². The van der Waals surface area contributed by atoms with Crippen molar-refractivity contribution < 1.29 is 34.5 Å². The molecule has 0 aromatic heterocycles. The molecule has 2 saturated heterocycles. The summed E-state index contributed by atoms with van der Waals surface area (Å²) in [5, 5.41) is 32.2. The fourth-order valence-electron chi connectivity index (χ4n) is 6.11. The number of aromatic carboxylic acids is 1. The lowest BCUT2D eigenvalue weighted by Crippen LogP contribution is -2.63. The Bertz CT molecular complexity index is 1440. The van der Waals surface area contributed by atoms with E-state index in [9.17, 15) is 34.5 Å². The van der Waals surface area contributed by atoms with Crippen molar-refractivity contribution in [3.63, 3.8) is 0 Å². The van der Waals surface area contributed by atoms with Crippen molar-refractivity contribution in [2.45, 2.75) is 50.3 Å². The lowest BCUT2D eigenvalue weighted by Gasteiger charge is -2.46. The third-order valence-electron chi connectivity index (χ3n) is 8.08. The number of anilines is 2. The molecule has 216 valence electrons. The summed E-state index contributed by atoms with van der Waals surface area (Å²) in [7, 11) is 0. The van der Waals surface area contributed by atoms with Crippen LogP contribution in [-0.2, 0) is 20.9 Å². The van der Waals surface area contributed by atoms with E-state index in [0.717, 1.165) is 5.56 Å². The zero-order valence-electron chi connectivity index (χ0n) is 22.6. The van der Waals surface area contributed by atoms with Gasteiger partial charge in [0.15, 0.2) is 0 Å². The number of nitrogens with zero attached hydrogens (tertiary/aromatic N) is 2. The number of aliphatic carboxylic acids is 1. The van der Waals surface area contributed by atoms with Crippen LogP contribution in [0.5, 0.6) is 0 Å². The number of hydrogen-bond donors (Lipinski definition) is 5. The molecule has 3 heterocycles. The molecule has 0 unspecified atom stereocenters.